The van der Waals surface area contributed by atoms with Crippen LogP contribution in [0.25, 0.3) is 0 Å². The smallest absolute Gasteiger partial charge is 0.340 e. The number of hydrogen-bond acceptors (Lipinski definition) is 4. The van der Waals surface area contributed by atoms with Gasteiger partial charge in [-0.1, -0.05) is 13.8 Å². The van der Waals surface area contributed by atoms with E-state index in [0.717, 1.165) is 16.2 Å². The summed E-state index contributed by atoms with van der Waals surface area (Å²) in [5.74, 6) is 1.25. The Kier molecular flexibility index (Phi) is 4.87. The van der Waals surface area contributed by atoms with Gasteiger partial charge in [-0.25, -0.2) is 4.79 Å². The van der Waals surface area contributed by atoms with Crippen molar-refractivity contribution in [3.63, 3.8) is 0 Å². The molecule has 1 aromatic rings. The molecule has 0 fully saturated rings. The molecule has 0 aliphatic carbocycles. The molecule has 0 amide bonds. The van der Waals surface area contributed by atoms with Crippen LogP contribution in [0, 0.1) is 12.8 Å². The van der Waals surface area contributed by atoms with E-state index in [4.69, 9.17) is 10.5 Å². The second-order valence-electron chi connectivity index (χ2n) is 4.40. The van der Waals surface area contributed by atoms with Gasteiger partial charge in [0, 0.05) is 16.3 Å². The summed E-state index contributed by atoms with van der Waals surface area (Å²) in [6.07, 6.45) is 0. The number of carbonyl (C=O) groups is 1. The van der Waals surface area contributed by atoms with Gasteiger partial charge in [-0.2, -0.15) is 0 Å². The first-order chi connectivity index (χ1) is 7.95. The molecule has 0 unspecified atom stereocenters. The summed E-state index contributed by atoms with van der Waals surface area (Å²) in [5.41, 5.74) is 7.75. The molecular formula is C13H19NO2S. The fourth-order valence-electron chi connectivity index (χ4n) is 1.39. The van der Waals surface area contributed by atoms with Gasteiger partial charge in [0.05, 0.1) is 12.7 Å². The summed E-state index contributed by atoms with van der Waals surface area (Å²) in [5, 5.41) is 0. The number of anilines is 1. The predicted molar refractivity (Wildman–Crippen MR) is 72.5 cm³/mol. The molecule has 4 heteroatoms. The van der Waals surface area contributed by atoms with E-state index in [1.54, 1.807) is 17.8 Å². The topological polar surface area (TPSA) is 52.3 Å². The summed E-state index contributed by atoms with van der Waals surface area (Å²) in [6, 6.07) is 3.82. The van der Waals surface area contributed by atoms with Crippen LogP contribution in [0.3, 0.4) is 0 Å². The molecule has 94 valence electrons. The van der Waals surface area contributed by atoms with E-state index in [-0.39, 0.29) is 5.97 Å². The standard InChI is InChI=1S/C13H19NO2S/c1-8(2)7-17-10-5-9(3)12(14)11(6-10)13(15)16-4/h5-6,8H,7,14H2,1-4H3. The third kappa shape index (κ3) is 3.66. The maximum atomic E-state index is 11.6. The molecule has 1 rings (SSSR count). The van der Waals surface area contributed by atoms with E-state index in [1.807, 2.05) is 13.0 Å². The molecule has 1 aromatic carbocycles. The number of hydrogen-bond donors (Lipinski definition) is 1. The van der Waals surface area contributed by atoms with Crippen LogP contribution in [0.5, 0.6) is 0 Å². The Balaban J connectivity index is 3.01. The van der Waals surface area contributed by atoms with Gasteiger partial charge in [-0.3, -0.25) is 0 Å². The first-order valence-electron chi connectivity index (χ1n) is 5.57. The number of thioether (sulfide) groups is 1. The van der Waals surface area contributed by atoms with Gasteiger partial charge in [-0.05, 0) is 30.5 Å². The molecule has 0 radical (unpaired) electrons. The fourth-order valence-corrected chi connectivity index (χ4v) is 2.38. The van der Waals surface area contributed by atoms with Gasteiger partial charge in [0.15, 0.2) is 0 Å². The number of aryl methyl sites for hydroxylation is 1. The van der Waals surface area contributed by atoms with E-state index in [9.17, 15) is 4.79 Å². The van der Waals surface area contributed by atoms with Crippen molar-refractivity contribution in [1.82, 2.24) is 0 Å². The van der Waals surface area contributed by atoms with Crippen LogP contribution in [0.4, 0.5) is 5.69 Å². The molecule has 17 heavy (non-hydrogen) atoms. The second kappa shape index (κ2) is 5.96. The van der Waals surface area contributed by atoms with Gasteiger partial charge in [0.25, 0.3) is 0 Å². The summed E-state index contributed by atoms with van der Waals surface area (Å²) in [4.78, 5) is 12.6. The lowest BCUT2D eigenvalue weighted by Gasteiger charge is -2.11. The maximum absolute atomic E-state index is 11.6. The number of carbonyl (C=O) groups excluding carboxylic acids is 1. The Morgan fingerprint density at radius 2 is 2.12 bits per heavy atom. The highest BCUT2D eigenvalue weighted by Crippen LogP contribution is 2.28. The van der Waals surface area contributed by atoms with Crippen molar-refractivity contribution in [3.05, 3.63) is 23.3 Å². The van der Waals surface area contributed by atoms with Crippen molar-refractivity contribution < 1.29 is 9.53 Å². The molecular weight excluding hydrogens is 234 g/mol. The Morgan fingerprint density at radius 3 is 2.65 bits per heavy atom. The second-order valence-corrected chi connectivity index (χ2v) is 5.49. The van der Waals surface area contributed by atoms with Crippen molar-refractivity contribution in [1.29, 1.82) is 0 Å². The van der Waals surface area contributed by atoms with Crippen molar-refractivity contribution in [2.24, 2.45) is 5.92 Å². The van der Waals surface area contributed by atoms with E-state index in [1.165, 1.54) is 7.11 Å². The predicted octanol–water partition coefficient (Wildman–Crippen LogP) is 3.11. The lowest BCUT2D eigenvalue weighted by molar-refractivity contribution is 0.0601. The average molecular weight is 253 g/mol. The van der Waals surface area contributed by atoms with Crippen molar-refractivity contribution in [2.45, 2.75) is 25.7 Å². The number of nitrogens with two attached hydrogens (primary N) is 1. The number of rotatable bonds is 4. The number of ether oxygens (including phenoxy) is 1. The third-order valence-corrected chi connectivity index (χ3v) is 3.75. The van der Waals surface area contributed by atoms with Crippen LogP contribution in [-0.4, -0.2) is 18.8 Å². The van der Waals surface area contributed by atoms with Crippen LogP contribution < -0.4 is 5.73 Å². The quantitative estimate of drug-likeness (QED) is 0.509. The molecule has 0 saturated heterocycles. The van der Waals surface area contributed by atoms with E-state index in [0.29, 0.717) is 17.2 Å². The summed E-state index contributed by atoms with van der Waals surface area (Å²) >= 11 is 1.73. The van der Waals surface area contributed by atoms with E-state index < -0.39 is 0 Å². The normalized spacial score (nSPS) is 10.6. The minimum Gasteiger partial charge on any atom is -0.465 e. The Morgan fingerprint density at radius 1 is 1.47 bits per heavy atom. The van der Waals surface area contributed by atoms with Gasteiger partial charge < -0.3 is 10.5 Å². The number of nitrogen functional groups attached to an aromatic ring is 1. The molecule has 0 atom stereocenters. The molecule has 0 bridgehead atoms. The zero-order valence-corrected chi connectivity index (χ0v) is 11.6. The minimum absolute atomic E-state index is 0.377. The fraction of sp³-hybridized carbons (Fsp3) is 0.462. The largest absolute Gasteiger partial charge is 0.465 e. The molecule has 3 nitrogen and oxygen atoms in total. The highest BCUT2D eigenvalue weighted by atomic mass is 32.2. The summed E-state index contributed by atoms with van der Waals surface area (Å²) < 4.78 is 4.72. The first-order valence-corrected chi connectivity index (χ1v) is 6.55. The molecule has 0 heterocycles. The summed E-state index contributed by atoms with van der Waals surface area (Å²) in [6.45, 7) is 6.23. The van der Waals surface area contributed by atoms with Crippen LogP contribution in [0.1, 0.15) is 29.8 Å². The van der Waals surface area contributed by atoms with E-state index >= 15 is 0 Å². The number of esters is 1. The Labute approximate surface area is 107 Å². The van der Waals surface area contributed by atoms with E-state index in [2.05, 4.69) is 13.8 Å². The zero-order valence-electron chi connectivity index (χ0n) is 10.7. The van der Waals surface area contributed by atoms with Gasteiger partial charge in [0.2, 0.25) is 0 Å². The SMILES string of the molecule is COC(=O)c1cc(SCC(C)C)cc(C)c1N. The van der Waals surface area contributed by atoms with Gasteiger partial charge in [0.1, 0.15) is 0 Å². The van der Waals surface area contributed by atoms with Crippen LogP contribution in [0.15, 0.2) is 17.0 Å². The van der Waals surface area contributed by atoms with Crippen LogP contribution in [-0.2, 0) is 4.74 Å². The molecule has 2 N–H and O–H groups in total. The minimum atomic E-state index is -0.377. The Bertz CT molecular complexity index is 416. The van der Waals surface area contributed by atoms with Crippen LogP contribution in [0.2, 0.25) is 0 Å². The molecule has 0 aromatic heterocycles. The lowest BCUT2D eigenvalue weighted by Crippen LogP contribution is -2.07. The van der Waals surface area contributed by atoms with Gasteiger partial charge >= 0.3 is 5.97 Å². The van der Waals surface area contributed by atoms with Crippen LogP contribution >= 0.6 is 11.8 Å². The van der Waals surface area contributed by atoms with Gasteiger partial charge in [-0.15, -0.1) is 11.8 Å². The molecule has 0 saturated carbocycles. The number of benzene rings is 1. The van der Waals surface area contributed by atoms with Crippen molar-refractivity contribution in [3.8, 4) is 0 Å². The number of methoxy groups -OCH3 is 1. The average Bonchev–Trinajstić information content (AvgIpc) is 2.29. The lowest BCUT2D eigenvalue weighted by atomic mass is 10.1. The first kappa shape index (κ1) is 13.9. The molecule has 0 spiro atoms. The Hall–Kier alpha value is -1.16. The van der Waals surface area contributed by atoms with Crippen molar-refractivity contribution >= 4 is 23.4 Å². The highest BCUT2D eigenvalue weighted by Gasteiger charge is 2.13. The maximum Gasteiger partial charge on any atom is 0.340 e. The monoisotopic (exact) mass is 253 g/mol. The zero-order chi connectivity index (χ0) is 13.0. The highest BCUT2D eigenvalue weighted by molar-refractivity contribution is 7.99. The molecule has 0 aliphatic rings. The molecule has 0 aliphatic heterocycles. The third-order valence-electron chi connectivity index (χ3n) is 2.35. The summed E-state index contributed by atoms with van der Waals surface area (Å²) in [7, 11) is 1.37. The van der Waals surface area contributed by atoms with Crippen molar-refractivity contribution in [2.75, 3.05) is 18.6 Å².